The van der Waals surface area contributed by atoms with Crippen LogP contribution in [0.1, 0.15) is 20.3 Å². The van der Waals surface area contributed by atoms with Crippen molar-refractivity contribution >= 4 is 12.0 Å². The molecule has 1 unspecified atom stereocenters. The maximum Gasteiger partial charge on any atom is 0.351 e. The number of rotatable bonds is 7. The Bertz CT molecular complexity index is 598. The molecule has 2 aliphatic rings. The van der Waals surface area contributed by atoms with E-state index in [1.807, 2.05) is 13.8 Å². The molecule has 154 valence electrons. The summed E-state index contributed by atoms with van der Waals surface area (Å²) < 4.78 is 15.6. The summed E-state index contributed by atoms with van der Waals surface area (Å²) in [5.74, 6) is -0.861. The van der Waals surface area contributed by atoms with Crippen molar-refractivity contribution in [3.05, 3.63) is 12.3 Å². The van der Waals surface area contributed by atoms with Crippen molar-refractivity contribution < 1.29 is 39.1 Å². The molecule has 1 fully saturated rings. The van der Waals surface area contributed by atoms with Gasteiger partial charge in [0.2, 0.25) is 5.66 Å². The van der Waals surface area contributed by atoms with E-state index in [0.717, 1.165) is 4.90 Å². The van der Waals surface area contributed by atoms with E-state index in [2.05, 4.69) is 5.32 Å². The summed E-state index contributed by atoms with van der Waals surface area (Å²) in [6.45, 7) is 3.18. The third kappa shape index (κ3) is 4.57. The van der Waals surface area contributed by atoms with Gasteiger partial charge in [0.05, 0.1) is 18.8 Å². The highest BCUT2D eigenvalue weighted by atomic mass is 16.6. The highest BCUT2D eigenvalue weighted by Gasteiger charge is 2.49. The van der Waals surface area contributed by atoms with Crippen molar-refractivity contribution in [2.24, 2.45) is 5.73 Å². The van der Waals surface area contributed by atoms with E-state index in [-0.39, 0.29) is 6.61 Å². The number of carbonyl (C=O) groups is 2. The third-order valence-corrected chi connectivity index (χ3v) is 4.67. The fourth-order valence-electron chi connectivity index (χ4n) is 2.59. The lowest BCUT2D eigenvalue weighted by atomic mass is 10.1. The van der Waals surface area contributed by atoms with Gasteiger partial charge in [-0.3, -0.25) is 10.6 Å². The molecular weight excluding hydrogens is 362 g/mol. The first-order valence-corrected chi connectivity index (χ1v) is 8.48. The predicted octanol–water partition coefficient (Wildman–Crippen LogP) is -2.02. The highest BCUT2D eigenvalue weighted by Crippen LogP contribution is 2.26. The smallest absolute Gasteiger partial charge is 0.351 e. The van der Waals surface area contributed by atoms with Gasteiger partial charge in [-0.05, 0) is 19.9 Å². The van der Waals surface area contributed by atoms with Crippen LogP contribution in [-0.4, -0.2) is 88.3 Å². The molecule has 11 heteroatoms. The molecule has 11 nitrogen and oxygen atoms in total. The van der Waals surface area contributed by atoms with Crippen molar-refractivity contribution in [1.82, 2.24) is 10.2 Å². The Balaban J connectivity index is 2.01. The first-order valence-electron chi connectivity index (χ1n) is 8.48. The van der Waals surface area contributed by atoms with E-state index < -0.39 is 54.4 Å². The standard InChI is InChI=1S/C16H27N3O8/c1-15(2,25-3)5-7-26-13(23)16(17)4-6-19(14(24)18-16)12-11(22)10(21)9(8-20)27-12/h4,6,9-12,20-22H,5,7-8,17H2,1-3H3,(H,18,24)/t9-,10-,11-,12-,16?/m1/s1. The molecule has 0 aromatic rings. The van der Waals surface area contributed by atoms with Crippen molar-refractivity contribution in [2.75, 3.05) is 20.3 Å². The molecule has 0 radical (unpaired) electrons. The molecule has 6 N–H and O–H groups in total. The summed E-state index contributed by atoms with van der Waals surface area (Å²) >= 11 is 0. The lowest BCUT2D eigenvalue weighted by molar-refractivity contribution is -0.151. The Morgan fingerprint density at radius 2 is 2.11 bits per heavy atom. The van der Waals surface area contributed by atoms with E-state index in [9.17, 15) is 19.8 Å². The number of amides is 2. The van der Waals surface area contributed by atoms with Crippen LogP contribution >= 0.6 is 0 Å². The summed E-state index contributed by atoms with van der Waals surface area (Å²) in [6, 6.07) is -0.830. The Morgan fingerprint density at radius 1 is 1.44 bits per heavy atom. The molecular formula is C16H27N3O8. The van der Waals surface area contributed by atoms with Gasteiger partial charge in [0, 0.05) is 19.7 Å². The molecule has 2 aliphatic heterocycles. The largest absolute Gasteiger partial charge is 0.463 e. The number of ether oxygens (including phenoxy) is 3. The van der Waals surface area contributed by atoms with Crippen LogP contribution in [0.4, 0.5) is 4.79 Å². The van der Waals surface area contributed by atoms with E-state index in [0.29, 0.717) is 6.42 Å². The summed E-state index contributed by atoms with van der Waals surface area (Å²) in [5.41, 5.74) is 3.54. The normalized spacial score (nSPS) is 33.9. The zero-order valence-electron chi connectivity index (χ0n) is 15.5. The van der Waals surface area contributed by atoms with Gasteiger partial charge in [-0.25, -0.2) is 9.59 Å². The molecule has 0 aromatic heterocycles. The third-order valence-electron chi connectivity index (χ3n) is 4.67. The summed E-state index contributed by atoms with van der Waals surface area (Å²) in [6.07, 6.45) is -2.29. The second-order valence-corrected chi connectivity index (χ2v) is 7.10. The van der Waals surface area contributed by atoms with Gasteiger partial charge in [-0.15, -0.1) is 0 Å². The Kier molecular flexibility index (Phi) is 6.45. The topological polar surface area (TPSA) is 164 Å². The Labute approximate surface area is 156 Å². The molecule has 0 aromatic carbocycles. The predicted molar refractivity (Wildman–Crippen MR) is 90.9 cm³/mol. The molecule has 2 heterocycles. The van der Waals surface area contributed by atoms with E-state index in [1.165, 1.54) is 12.3 Å². The molecule has 0 spiro atoms. The number of aliphatic hydroxyl groups excluding tert-OH is 3. The number of nitrogens with zero attached hydrogens (tertiary/aromatic N) is 1. The van der Waals surface area contributed by atoms with Gasteiger partial charge in [-0.2, -0.15) is 0 Å². The van der Waals surface area contributed by atoms with E-state index >= 15 is 0 Å². The van der Waals surface area contributed by atoms with E-state index in [4.69, 9.17) is 25.1 Å². The average Bonchev–Trinajstić information content (AvgIpc) is 2.89. The number of aliphatic hydroxyl groups is 3. The average molecular weight is 389 g/mol. The highest BCUT2D eigenvalue weighted by molar-refractivity contribution is 5.90. The zero-order chi connectivity index (χ0) is 20.4. The first kappa shape index (κ1) is 21.5. The number of urea groups is 1. The number of esters is 1. The van der Waals surface area contributed by atoms with E-state index in [1.54, 1.807) is 7.11 Å². The van der Waals surface area contributed by atoms with Crippen LogP contribution in [0.5, 0.6) is 0 Å². The van der Waals surface area contributed by atoms with Crippen LogP contribution in [-0.2, 0) is 19.0 Å². The van der Waals surface area contributed by atoms with Crippen LogP contribution in [0.3, 0.4) is 0 Å². The fourth-order valence-corrected chi connectivity index (χ4v) is 2.59. The summed E-state index contributed by atoms with van der Waals surface area (Å²) in [4.78, 5) is 25.5. The van der Waals surface area contributed by atoms with Crippen LogP contribution < -0.4 is 11.1 Å². The van der Waals surface area contributed by atoms with Gasteiger partial charge in [-0.1, -0.05) is 0 Å². The molecule has 27 heavy (non-hydrogen) atoms. The SMILES string of the molecule is COC(C)(C)CCOC(=O)C1(N)C=CN([C@@H]2O[C@H](CO)[C@@H](O)[C@H]2O)C(=O)N1. The number of methoxy groups -OCH3 is 1. The number of hydrogen-bond donors (Lipinski definition) is 5. The minimum atomic E-state index is -1.89. The monoisotopic (exact) mass is 389 g/mol. The molecule has 1 saturated heterocycles. The molecule has 0 bridgehead atoms. The summed E-state index contributed by atoms with van der Waals surface area (Å²) in [5, 5.41) is 31.2. The second-order valence-electron chi connectivity index (χ2n) is 7.10. The Hall–Kier alpha value is -1.76. The number of carbonyl (C=O) groups excluding carboxylic acids is 2. The quantitative estimate of drug-likeness (QED) is 0.309. The Morgan fingerprint density at radius 3 is 2.63 bits per heavy atom. The fraction of sp³-hybridized carbons (Fsp3) is 0.750. The lowest BCUT2D eigenvalue weighted by Gasteiger charge is -2.36. The lowest BCUT2D eigenvalue weighted by Crippen LogP contribution is -2.66. The summed E-state index contributed by atoms with van der Waals surface area (Å²) in [7, 11) is 1.54. The molecule has 2 rings (SSSR count). The van der Waals surface area contributed by atoms with Gasteiger partial charge in [0.25, 0.3) is 0 Å². The van der Waals surface area contributed by atoms with Crippen LogP contribution in [0.15, 0.2) is 12.3 Å². The molecule has 5 atom stereocenters. The van der Waals surface area contributed by atoms with Crippen molar-refractivity contribution in [3.8, 4) is 0 Å². The van der Waals surface area contributed by atoms with Gasteiger partial charge in [0.15, 0.2) is 6.23 Å². The second kappa shape index (κ2) is 8.09. The molecule has 2 amide bonds. The van der Waals surface area contributed by atoms with Gasteiger partial charge in [0.1, 0.15) is 18.3 Å². The number of hydrogen-bond acceptors (Lipinski definition) is 9. The maximum absolute atomic E-state index is 12.3. The first-order chi connectivity index (χ1) is 12.5. The molecule has 0 aliphatic carbocycles. The van der Waals surface area contributed by atoms with Crippen molar-refractivity contribution in [2.45, 2.75) is 56.1 Å². The maximum atomic E-state index is 12.3. The van der Waals surface area contributed by atoms with Crippen LogP contribution in [0.25, 0.3) is 0 Å². The number of nitrogens with one attached hydrogen (secondary N) is 1. The van der Waals surface area contributed by atoms with Crippen molar-refractivity contribution in [3.63, 3.8) is 0 Å². The molecule has 0 saturated carbocycles. The van der Waals surface area contributed by atoms with Crippen LogP contribution in [0.2, 0.25) is 0 Å². The number of nitrogens with two attached hydrogens (primary N) is 1. The minimum Gasteiger partial charge on any atom is -0.463 e. The minimum absolute atomic E-state index is 0.0425. The zero-order valence-corrected chi connectivity index (χ0v) is 15.5. The van der Waals surface area contributed by atoms with Crippen LogP contribution in [0, 0.1) is 0 Å². The van der Waals surface area contributed by atoms with Gasteiger partial charge >= 0.3 is 12.0 Å². The van der Waals surface area contributed by atoms with Gasteiger partial charge < -0.3 is 34.8 Å². The van der Waals surface area contributed by atoms with Crippen molar-refractivity contribution in [1.29, 1.82) is 0 Å².